The molecule has 2 fully saturated rings. The van der Waals surface area contributed by atoms with E-state index in [-0.39, 0.29) is 29.7 Å². The van der Waals surface area contributed by atoms with Crippen molar-refractivity contribution in [3.8, 4) is 0 Å². The summed E-state index contributed by atoms with van der Waals surface area (Å²) < 4.78 is 28.7. The van der Waals surface area contributed by atoms with Gasteiger partial charge in [-0.25, -0.2) is 8.42 Å². The lowest BCUT2D eigenvalue weighted by Crippen LogP contribution is -2.49. The highest BCUT2D eigenvalue weighted by Gasteiger charge is 2.39. The molecule has 2 heterocycles. The molecular formula is C11H22N2O3S. The van der Waals surface area contributed by atoms with Crippen molar-refractivity contribution in [1.29, 1.82) is 0 Å². The van der Waals surface area contributed by atoms with Gasteiger partial charge < -0.3 is 10.5 Å². The Hall–Kier alpha value is -0.170. The Balaban J connectivity index is 1.98. The minimum absolute atomic E-state index is 0.0331. The molecule has 0 aromatic heterocycles. The van der Waals surface area contributed by atoms with E-state index in [1.807, 2.05) is 6.92 Å². The van der Waals surface area contributed by atoms with Crippen LogP contribution in [-0.4, -0.2) is 62.7 Å². The maximum atomic E-state index is 11.6. The van der Waals surface area contributed by atoms with Crippen LogP contribution in [0.5, 0.6) is 0 Å². The molecule has 0 spiro atoms. The second kappa shape index (κ2) is 5.22. The van der Waals surface area contributed by atoms with Crippen LogP contribution in [0.4, 0.5) is 0 Å². The van der Waals surface area contributed by atoms with Crippen molar-refractivity contribution in [3.05, 3.63) is 0 Å². The van der Waals surface area contributed by atoms with Crippen LogP contribution in [0, 0.1) is 0 Å². The van der Waals surface area contributed by atoms with Crippen LogP contribution in [0.3, 0.4) is 0 Å². The molecule has 5 nitrogen and oxygen atoms in total. The lowest BCUT2D eigenvalue weighted by molar-refractivity contribution is 0.0605. The van der Waals surface area contributed by atoms with Gasteiger partial charge in [0.25, 0.3) is 0 Å². The Kier molecular flexibility index (Phi) is 4.07. The van der Waals surface area contributed by atoms with E-state index in [1.165, 1.54) is 0 Å². The summed E-state index contributed by atoms with van der Waals surface area (Å²) in [5.74, 6) is 0.328. The summed E-state index contributed by atoms with van der Waals surface area (Å²) in [4.78, 5) is 2.17. The van der Waals surface area contributed by atoms with Gasteiger partial charge in [-0.15, -0.1) is 0 Å². The molecule has 2 rings (SSSR count). The average molecular weight is 262 g/mol. The van der Waals surface area contributed by atoms with Gasteiger partial charge in [-0.05, 0) is 19.4 Å². The zero-order valence-electron chi connectivity index (χ0n) is 10.3. The molecule has 0 radical (unpaired) electrons. The first kappa shape index (κ1) is 13.3. The Labute approximate surface area is 103 Å². The SMILES string of the molecule is CCN(CC1CCCO1)C1CS(=O)(=O)CC1N. The van der Waals surface area contributed by atoms with E-state index < -0.39 is 9.84 Å². The lowest BCUT2D eigenvalue weighted by Gasteiger charge is -2.31. The standard InChI is InChI=1S/C11H22N2O3S/c1-2-13(6-9-4-3-5-16-9)11-8-17(14,15)7-10(11)12/h9-11H,2-8,12H2,1H3. The molecule has 2 N–H and O–H groups in total. The lowest BCUT2D eigenvalue weighted by atomic mass is 10.1. The van der Waals surface area contributed by atoms with E-state index in [4.69, 9.17) is 10.5 Å². The smallest absolute Gasteiger partial charge is 0.153 e. The van der Waals surface area contributed by atoms with Gasteiger partial charge in [0.15, 0.2) is 9.84 Å². The van der Waals surface area contributed by atoms with E-state index in [1.54, 1.807) is 0 Å². The van der Waals surface area contributed by atoms with E-state index >= 15 is 0 Å². The molecule has 17 heavy (non-hydrogen) atoms. The molecule has 0 aliphatic carbocycles. The summed E-state index contributed by atoms with van der Waals surface area (Å²) in [6, 6.07) is -0.282. The minimum Gasteiger partial charge on any atom is -0.377 e. The summed E-state index contributed by atoms with van der Waals surface area (Å²) in [6.45, 7) is 4.52. The number of hydrogen-bond acceptors (Lipinski definition) is 5. The first-order chi connectivity index (χ1) is 8.02. The van der Waals surface area contributed by atoms with Crippen molar-refractivity contribution < 1.29 is 13.2 Å². The first-order valence-electron chi connectivity index (χ1n) is 6.33. The largest absolute Gasteiger partial charge is 0.377 e. The van der Waals surface area contributed by atoms with E-state index in [9.17, 15) is 8.42 Å². The topological polar surface area (TPSA) is 72.6 Å². The highest BCUT2D eigenvalue weighted by molar-refractivity contribution is 7.91. The minimum atomic E-state index is -2.94. The molecule has 2 saturated heterocycles. The summed E-state index contributed by atoms with van der Waals surface area (Å²) in [7, 11) is -2.94. The normalized spacial score (nSPS) is 36.8. The number of nitrogens with zero attached hydrogens (tertiary/aromatic N) is 1. The van der Waals surface area contributed by atoms with Crippen LogP contribution in [0.25, 0.3) is 0 Å². The molecule has 0 aromatic rings. The molecule has 0 bridgehead atoms. The number of hydrogen-bond donors (Lipinski definition) is 1. The van der Waals surface area contributed by atoms with Gasteiger partial charge >= 0.3 is 0 Å². The van der Waals surface area contributed by atoms with Crippen LogP contribution in [0.15, 0.2) is 0 Å². The molecule has 0 amide bonds. The molecule has 3 atom stereocenters. The predicted octanol–water partition coefficient (Wildman–Crippen LogP) is -0.388. The number of likely N-dealkylation sites (N-methyl/N-ethyl adjacent to an activating group) is 1. The molecule has 6 heteroatoms. The molecule has 100 valence electrons. The summed E-state index contributed by atoms with van der Waals surface area (Å²) in [6.07, 6.45) is 2.44. The highest BCUT2D eigenvalue weighted by Crippen LogP contribution is 2.20. The van der Waals surface area contributed by atoms with Crippen molar-refractivity contribution in [2.45, 2.75) is 38.0 Å². The second-order valence-electron chi connectivity index (χ2n) is 5.03. The van der Waals surface area contributed by atoms with Crippen molar-refractivity contribution >= 4 is 9.84 Å². The summed E-state index contributed by atoms with van der Waals surface area (Å²) in [5, 5.41) is 0. The van der Waals surface area contributed by atoms with Crippen molar-refractivity contribution in [2.24, 2.45) is 5.73 Å². The Morgan fingerprint density at radius 2 is 2.18 bits per heavy atom. The third kappa shape index (κ3) is 3.19. The highest BCUT2D eigenvalue weighted by atomic mass is 32.2. The number of rotatable bonds is 4. The average Bonchev–Trinajstić information content (AvgIpc) is 2.82. The van der Waals surface area contributed by atoms with Crippen LogP contribution >= 0.6 is 0 Å². The number of nitrogens with two attached hydrogens (primary N) is 1. The molecule has 0 saturated carbocycles. The monoisotopic (exact) mass is 262 g/mol. The second-order valence-corrected chi connectivity index (χ2v) is 7.18. The zero-order valence-corrected chi connectivity index (χ0v) is 11.2. The fourth-order valence-electron chi connectivity index (χ4n) is 2.78. The van der Waals surface area contributed by atoms with Crippen molar-refractivity contribution in [3.63, 3.8) is 0 Å². The van der Waals surface area contributed by atoms with Gasteiger partial charge in [-0.2, -0.15) is 0 Å². The van der Waals surface area contributed by atoms with Crippen LogP contribution < -0.4 is 5.73 Å². The fourth-order valence-corrected chi connectivity index (χ4v) is 4.70. The predicted molar refractivity (Wildman–Crippen MR) is 66.6 cm³/mol. The van der Waals surface area contributed by atoms with Gasteiger partial charge in [0.2, 0.25) is 0 Å². The molecule has 2 aliphatic rings. The third-order valence-electron chi connectivity index (χ3n) is 3.70. The van der Waals surface area contributed by atoms with Gasteiger partial charge in [0.05, 0.1) is 17.6 Å². The number of ether oxygens (including phenoxy) is 1. The van der Waals surface area contributed by atoms with E-state index in [0.717, 1.165) is 32.5 Å². The summed E-state index contributed by atoms with van der Waals surface area (Å²) in [5.41, 5.74) is 5.94. The van der Waals surface area contributed by atoms with Gasteiger partial charge in [0.1, 0.15) is 0 Å². The first-order valence-corrected chi connectivity index (χ1v) is 8.15. The molecule has 2 aliphatic heterocycles. The fraction of sp³-hybridized carbons (Fsp3) is 1.00. The van der Waals surface area contributed by atoms with Crippen LogP contribution in [0.1, 0.15) is 19.8 Å². The van der Waals surface area contributed by atoms with Gasteiger partial charge in [0, 0.05) is 25.2 Å². The number of sulfone groups is 1. The molecular weight excluding hydrogens is 240 g/mol. The van der Waals surface area contributed by atoms with Crippen molar-refractivity contribution in [2.75, 3.05) is 31.2 Å². The maximum Gasteiger partial charge on any atom is 0.153 e. The third-order valence-corrected chi connectivity index (χ3v) is 5.44. The zero-order chi connectivity index (χ0) is 12.5. The summed E-state index contributed by atoms with van der Waals surface area (Å²) >= 11 is 0. The Morgan fingerprint density at radius 3 is 2.65 bits per heavy atom. The Bertz CT molecular complexity index is 352. The van der Waals surface area contributed by atoms with E-state index in [0.29, 0.717) is 0 Å². The van der Waals surface area contributed by atoms with Crippen LogP contribution in [-0.2, 0) is 14.6 Å². The van der Waals surface area contributed by atoms with Crippen LogP contribution in [0.2, 0.25) is 0 Å². The van der Waals surface area contributed by atoms with Crippen molar-refractivity contribution in [1.82, 2.24) is 4.90 Å². The van der Waals surface area contributed by atoms with E-state index in [2.05, 4.69) is 4.90 Å². The molecule has 3 unspecified atom stereocenters. The van der Waals surface area contributed by atoms with Gasteiger partial charge in [-0.1, -0.05) is 6.92 Å². The quantitative estimate of drug-likeness (QED) is 0.747. The van der Waals surface area contributed by atoms with Gasteiger partial charge in [-0.3, -0.25) is 4.90 Å². The maximum absolute atomic E-state index is 11.6. The molecule has 0 aromatic carbocycles. The Morgan fingerprint density at radius 1 is 1.41 bits per heavy atom.